The lowest BCUT2D eigenvalue weighted by Crippen LogP contribution is -2.20. The molecule has 0 aliphatic carbocycles. The van der Waals surface area contributed by atoms with Gasteiger partial charge in [-0.05, 0) is 11.1 Å². The van der Waals surface area contributed by atoms with Crippen molar-refractivity contribution in [2.75, 3.05) is 19.2 Å². The number of esters is 1. The maximum Gasteiger partial charge on any atom is 0.303 e. The fourth-order valence-corrected chi connectivity index (χ4v) is 2.93. The van der Waals surface area contributed by atoms with Crippen LogP contribution in [0.2, 0.25) is 0 Å². The van der Waals surface area contributed by atoms with Crippen LogP contribution in [0.1, 0.15) is 18.1 Å². The van der Waals surface area contributed by atoms with E-state index in [0.717, 1.165) is 11.1 Å². The molecule has 2 rings (SSSR count). The highest BCUT2D eigenvalue weighted by Gasteiger charge is 2.11. The summed E-state index contributed by atoms with van der Waals surface area (Å²) in [5, 5.41) is 0.103. The summed E-state index contributed by atoms with van der Waals surface area (Å²) in [4.78, 5) is 10.9. The van der Waals surface area contributed by atoms with E-state index in [4.69, 9.17) is 14.2 Å². The van der Waals surface area contributed by atoms with Gasteiger partial charge >= 0.3 is 5.97 Å². The molecular formula is C20H24O4S. The van der Waals surface area contributed by atoms with Crippen molar-refractivity contribution in [3.8, 4) is 0 Å². The molecule has 2 aromatic carbocycles. The second-order valence-electron chi connectivity index (χ2n) is 5.54. The van der Waals surface area contributed by atoms with E-state index in [2.05, 4.69) is 0 Å². The van der Waals surface area contributed by atoms with Gasteiger partial charge in [-0.3, -0.25) is 4.79 Å². The normalized spacial score (nSPS) is 10.8. The minimum absolute atomic E-state index is 0.103. The minimum atomic E-state index is -0.276. The van der Waals surface area contributed by atoms with E-state index in [1.807, 2.05) is 60.7 Å². The number of rotatable bonds is 11. The van der Waals surface area contributed by atoms with Gasteiger partial charge in [0.25, 0.3) is 0 Å². The topological polar surface area (TPSA) is 44.8 Å². The molecule has 134 valence electrons. The Labute approximate surface area is 153 Å². The smallest absolute Gasteiger partial charge is 0.303 e. The third-order valence-corrected chi connectivity index (χ3v) is 4.39. The minimum Gasteiger partial charge on any atom is -0.455 e. The second kappa shape index (κ2) is 11.7. The van der Waals surface area contributed by atoms with Crippen LogP contribution >= 0.6 is 11.8 Å². The molecule has 0 atom stereocenters. The number of thioether (sulfide) groups is 1. The average molecular weight is 360 g/mol. The van der Waals surface area contributed by atoms with Crippen molar-refractivity contribution < 1.29 is 19.0 Å². The van der Waals surface area contributed by atoms with E-state index in [9.17, 15) is 4.79 Å². The SMILES string of the molecule is CC(=O)OCSC(COCc1ccccc1)COCc1ccccc1. The van der Waals surface area contributed by atoms with Crippen LogP contribution in [-0.2, 0) is 32.2 Å². The molecule has 0 amide bonds. The number of ether oxygens (including phenoxy) is 3. The summed E-state index contributed by atoms with van der Waals surface area (Å²) >= 11 is 1.53. The number of benzene rings is 2. The summed E-state index contributed by atoms with van der Waals surface area (Å²) in [6, 6.07) is 20.1. The molecule has 25 heavy (non-hydrogen) atoms. The lowest BCUT2D eigenvalue weighted by atomic mass is 10.2. The molecule has 0 spiro atoms. The summed E-state index contributed by atoms with van der Waals surface area (Å²) in [7, 11) is 0. The van der Waals surface area contributed by atoms with Crippen LogP contribution in [0.5, 0.6) is 0 Å². The Kier molecular flexibility index (Phi) is 9.12. The van der Waals surface area contributed by atoms with E-state index in [1.54, 1.807) is 0 Å². The van der Waals surface area contributed by atoms with Gasteiger partial charge in [0.1, 0.15) is 5.94 Å². The van der Waals surface area contributed by atoms with E-state index in [1.165, 1.54) is 18.7 Å². The highest BCUT2D eigenvalue weighted by Crippen LogP contribution is 2.15. The van der Waals surface area contributed by atoms with Gasteiger partial charge in [-0.1, -0.05) is 60.7 Å². The highest BCUT2D eigenvalue weighted by molar-refractivity contribution is 7.99. The van der Waals surface area contributed by atoms with Crippen molar-refractivity contribution in [1.29, 1.82) is 0 Å². The van der Waals surface area contributed by atoms with Crippen LogP contribution in [0.15, 0.2) is 60.7 Å². The summed E-state index contributed by atoms with van der Waals surface area (Å²) in [5.41, 5.74) is 2.27. The average Bonchev–Trinajstić information content (AvgIpc) is 2.63. The molecule has 0 fully saturated rings. The van der Waals surface area contributed by atoms with Crippen molar-refractivity contribution in [1.82, 2.24) is 0 Å². The monoisotopic (exact) mass is 360 g/mol. The first-order valence-electron chi connectivity index (χ1n) is 8.22. The van der Waals surface area contributed by atoms with Gasteiger partial charge in [-0.25, -0.2) is 0 Å². The fraction of sp³-hybridized carbons (Fsp3) is 0.350. The van der Waals surface area contributed by atoms with Gasteiger partial charge in [0.05, 0.1) is 31.7 Å². The van der Waals surface area contributed by atoms with Crippen molar-refractivity contribution in [3.63, 3.8) is 0 Å². The molecule has 0 N–H and O–H groups in total. The first-order valence-corrected chi connectivity index (χ1v) is 9.27. The van der Waals surface area contributed by atoms with Crippen molar-refractivity contribution in [2.45, 2.75) is 25.4 Å². The van der Waals surface area contributed by atoms with Gasteiger partial charge in [0.2, 0.25) is 0 Å². The zero-order valence-electron chi connectivity index (χ0n) is 14.4. The summed E-state index contributed by atoms with van der Waals surface area (Å²) in [6.45, 7) is 3.60. The number of carbonyl (C=O) groups excluding carboxylic acids is 1. The molecule has 0 aromatic heterocycles. The Bertz CT molecular complexity index is 558. The standard InChI is InChI=1S/C20H24O4S/c1-17(21)24-16-25-20(14-22-12-18-8-4-2-5-9-18)15-23-13-19-10-6-3-7-11-19/h2-11,20H,12-16H2,1H3. The van der Waals surface area contributed by atoms with Gasteiger partial charge in [0.15, 0.2) is 0 Å². The van der Waals surface area contributed by atoms with Gasteiger partial charge in [-0.15, -0.1) is 11.8 Å². The predicted molar refractivity (Wildman–Crippen MR) is 100 cm³/mol. The maximum absolute atomic E-state index is 10.9. The van der Waals surface area contributed by atoms with E-state index >= 15 is 0 Å². The van der Waals surface area contributed by atoms with Gasteiger partial charge < -0.3 is 14.2 Å². The van der Waals surface area contributed by atoms with Crippen molar-refractivity contribution >= 4 is 17.7 Å². The zero-order valence-corrected chi connectivity index (χ0v) is 15.2. The van der Waals surface area contributed by atoms with E-state index in [-0.39, 0.29) is 11.2 Å². The Morgan fingerprint density at radius 1 is 0.880 bits per heavy atom. The molecular weight excluding hydrogens is 336 g/mol. The molecule has 0 saturated heterocycles. The van der Waals surface area contributed by atoms with Crippen LogP contribution in [0, 0.1) is 0 Å². The molecule has 4 nitrogen and oxygen atoms in total. The molecule has 0 unspecified atom stereocenters. The third kappa shape index (κ3) is 8.72. The molecule has 0 bridgehead atoms. The zero-order chi connectivity index (χ0) is 17.7. The van der Waals surface area contributed by atoms with Crippen LogP contribution in [-0.4, -0.2) is 30.4 Å². The van der Waals surface area contributed by atoms with Crippen LogP contribution in [0.25, 0.3) is 0 Å². The molecule has 0 aliphatic heterocycles. The molecule has 0 radical (unpaired) electrons. The van der Waals surface area contributed by atoms with E-state index < -0.39 is 0 Å². The molecule has 0 aliphatic rings. The largest absolute Gasteiger partial charge is 0.455 e. The predicted octanol–water partition coefficient (Wildman–Crippen LogP) is 4.04. The quantitative estimate of drug-likeness (QED) is 0.447. The lowest BCUT2D eigenvalue weighted by molar-refractivity contribution is -0.138. The molecule has 2 aromatic rings. The van der Waals surface area contributed by atoms with Gasteiger partial charge in [-0.2, -0.15) is 0 Å². The summed E-state index contributed by atoms with van der Waals surface area (Å²) in [5.74, 6) is 0.0327. The lowest BCUT2D eigenvalue weighted by Gasteiger charge is -2.17. The van der Waals surface area contributed by atoms with Crippen LogP contribution in [0.3, 0.4) is 0 Å². The second-order valence-corrected chi connectivity index (χ2v) is 6.78. The fourth-order valence-electron chi connectivity index (χ4n) is 2.12. The molecule has 5 heteroatoms. The number of hydrogen-bond acceptors (Lipinski definition) is 5. The van der Waals surface area contributed by atoms with Crippen molar-refractivity contribution in [2.24, 2.45) is 0 Å². The number of hydrogen-bond donors (Lipinski definition) is 0. The van der Waals surface area contributed by atoms with Crippen LogP contribution < -0.4 is 0 Å². The first-order chi connectivity index (χ1) is 12.2. The third-order valence-electron chi connectivity index (χ3n) is 3.40. The highest BCUT2D eigenvalue weighted by atomic mass is 32.2. The molecule has 0 saturated carbocycles. The summed E-state index contributed by atoms with van der Waals surface area (Å²) < 4.78 is 16.6. The molecule has 0 heterocycles. The Morgan fingerprint density at radius 3 is 1.80 bits per heavy atom. The van der Waals surface area contributed by atoms with Crippen LogP contribution in [0.4, 0.5) is 0 Å². The van der Waals surface area contributed by atoms with Crippen molar-refractivity contribution in [3.05, 3.63) is 71.8 Å². The Hall–Kier alpha value is -1.82. The van der Waals surface area contributed by atoms with Gasteiger partial charge in [0, 0.05) is 6.92 Å². The van der Waals surface area contributed by atoms with E-state index in [0.29, 0.717) is 32.4 Å². The first kappa shape index (κ1) is 19.5. The Morgan fingerprint density at radius 2 is 1.36 bits per heavy atom. The summed E-state index contributed by atoms with van der Waals surface area (Å²) in [6.07, 6.45) is 0. The Balaban J connectivity index is 1.74. The maximum atomic E-state index is 10.9. The number of carbonyl (C=O) groups is 1.